The van der Waals surface area contributed by atoms with E-state index in [1.54, 1.807) is 4.73 Å². The van der Waals surface area contributed by atoms with Crippen LogP contribution in [0.3, 0.4) is 0 Å². The molecule has 4 aromatic carbocycles. The van der Waals surface area contributed by atoms with Gasteiger partial charge in [0.15, 0.2) is 6.61 Å². The third-order valence-electron chi connectivity index (χ3n) is 9.57. The minimum Gasteiger partial charge on any atom is -0.271 e. The van der Waals surface area contributed by atoms with Gasteiger partial charge in [-0.1, -0.05) is 61.5 Å². The molecule has 1 heterocycles. The Hall–Kier alpha value is -5.79. The molecule has 0 fully saturated rings. The van der Waals surface area contributed by atoms with E-state index in [4.69, 9.17) is 4.84 Å². The van der Waals surface area contributed by atoms with Crippen molar-refractivity contribution < 1.29 is 115 Å². The summed E-state index contributed by atoms with van der Waals surface area (Å²) in [7, 11) is 0. The van der Waals surface area contributed by atoms with Gasteiger partial charge in [-0.3, -0.25) is 4.84 Å². The third kappa shape index (κ3) is 12.8. The van der Waals surface area contributed by atoms with Crippen molar-refractivity contribution in [1.82, 2.24) is 0 Å². The summed E-state index contributed by atoms with van der Waals surface area (Å²) in [6.45, 7) is 2.86. The first-order chi connectivity index (χ1) is 30.2. The van der Waals surface area contributed by atoms with Crippen molar-refractivity contribution >= 4 is 28.0 Å². The quantitative estimate of drug-likeness (QED) is 0.0900. The predicted molar refractivity (Wildman–Crippen MR) is 188 cm³/mol. The molecule has 0 N–H and O–H groups in total. The van der Waals surface area contributed by atoms with Crippen LogP contribution in [0.2, 0.25) is 0 Å². The number of nitrogens with zero attached hydrogens (tertiary/aromatic N) is 1. The Balaban J connectivity index is 0.000000865. The summed E-state index contributed by atoms with van der Waals surface area (Å²) in [5.74, 6) is 0. The maximum Gasteiger partial charge on any atom is 0.416 e. The van der Waals surface area contributed by atoms with Crippen molar-refractivity contribution in [3.63, 3.8) is 0 Å². The number of hydrogen-bond donors (Lipinski definition) is 0. The minimum absolute atomic E-state index is 0.691. The van der Waals surface area contributed by atoms with Crippen LogP contribution in [0.5, 0.6) is 0 Å². The van der Waals surface area contributed by atoms with Crippen molar-refractivity contribution in [3.8, 4) is 0 Å². The third-order valence-corrected chi connectivity index (χ3v) is 9.57. The number of alkyl halides is 24. The Bertz CT molecular complexity index is 2070. The molecule has 0 atom stereocenters. The van der Waals surface area contributed by atoms with Crippen LogP contribution in [0, 0.1) is 0 Å². The fourth-order valence-electron chi connectivity index (χ4n) is 6.74. The van der Waals surface area contributed by atoms with Gasteiger partial charge in [0.05, 0.1) is 44.5 Å². The Labute approximate surface area is 360 Å². The molecule has 67 heavy (non-hydrogen) atoms. The highest BCUT2D eigenvalue weighted by Crippen LogP contribution is 2.41. The summed E-state index contributed by atoms with van der Waals surface area (Å²) in [4.78, 5) is 5.27. The average Bonchev–Trinajstić information content (AvgIpc) is 3.18. The number of aromatic nitrogens is 1. The summed E-state index contributed by atoms with van der Waals surface area (Å²) in [5.41, 5.74) is -30.2. The zero-order chi connectivity index (χ0) is 51.1. The van der Waals surface area contributed by atoms with Crippen LogP contribution in [0.4, 0.5) is 105 Å². The molecule has 366 valence electrons. The van der Waals surface area contributed by atoms with Crippen LogP contribution in [-0.2, 0) is 49.4 Å². The van der Waals surface area contributed by atoms with Gasteiger partial charge in [0, 0.05) is 16.9 Å². The van der Waals surface area contributed by atoms with Gasteiger partial charge in [-0.25, -0.2) is 0 Å². The Kier molecular flexibility index (Phi) is 14.8. The Morgan fingerprint density at radius 2 is 0.522 bits per heavy atom. The molecule has 0 spiro atoms. The summed E-state index contributed by atoms with van der Waals surface area (Å²) in [6, 6.07) is -2.97. The van der Waals surface area contributed by atoms with Crippen LogP contribution >= 0.6 is 0 Å². The van der Waals surface area contributed by atoms with Crippen LogP contribution in [-0.4, -0.2) is 12.8 Å². The molecule has 0 bridgehead atoms. The van der Waals surface area contributed by atoms with Crippen LogP contribution in [0.15, 0.2) is 103 Å². The van der Waals surface area contributed by atoms with E-state index in [9.17, 15) is 105 Å². The van der Waals surface area contributed by atoms with E-state index in [0.717, 1.165) is 13.0 Å². The molecule has 27 heteroatoms. The molecule has 1 aromatic heterocycles. The van der Waals surface area contributed by atoms with Crippen molar-refractivity contribution in [2.24, 2.45) is 0 Å². The minimum atomic E-state index is -6.13. The van der Waals surface area contributed by atoms with Crippen molar-refractivity contribution in [1.29, 1.82) is 0 Å². The lowest BCUT2D eigenvalue weighted by molar-refractivity contribution is -0.891. The lowest BCUT2D eigenvalue weighted by atomic mass is 9.12. The molecular formula is C40H24BF24NO. The second-order valence-corrected chi connectivity index (χ2v) is 14.3. The molecule has 0 amide bonds. The molecule has 0 aliphatic carbocycles. The lowest BCUT2D eigenvalue weighted by Crippen LogP contribution is -2.75. The van der Waals surface area contributed by atoms with Crippen LogP contribution in [0.1, 0.15) is 57.9 Å². The number of halogens is 24. The molecule has 5 rings (SSSR count). The molecule has 2 nitrogen and oxygen atoms in total. The molecule has 0 saturated heterocycles. The van der Waals surface area contributed by atoms with E-state index in [2.05, 4.69) is 6.92 Å². The van der Waals surface area contributed by atoms with Gasteiger partial charge >= 0.3 is 49.4 Å². The SMILES string of the molecule is CCCO[n+]1ccccc1.FC(F)(F)c1cc([B-](c2cc(C(F)(F)F)cc(C(F)(F)F)c2)(c2cc(C(F)(F)F)cc(C(F)(F)F)c2)c2cc(C(F)(F)F)cc(C(F)(F)F)c2)cc(C(F)(F)F)c1. The summed E-state index contributed by atoms with van der Waals surface area (Å²) >= 11 is 0. The highest BCUT2D eigenvalue weighted by Gasteiger charge is 2.47. The summed E-state index contributed by atoms with van der Waals surface area (Å²) in [5, 5.41) is 0. The predicted octanol–water partition coefficient (Wildman–Crippen LogP) is 12.0. The second kappa shape index (κ2) is 18.4. The molecule has 0 aliphatic heterocycles. The van der Waals surface area contributed by atoms with Crippen LogP contribution < -0.4 is 31.4 Å². The normalized spacial score (nSPS) is 13.6. The highest BCUT2D eigenvalue weighted by molar-refractivity contribution is 7.20. The van der Waals surface area contributed by atoms with E-state index in [1.165, 1.54) is 0 Å². The molecular weight excluding hydrogens is 977 g/mol. The number of benzene rings is 4. The first-order valence-electron chi connectivity index (χ1n) is 18.1. The molecule has 0 unspecified atom stereocenters. The largest absolute Gasteiger partial charge is 0.416 e. The zero-order valence-electron chi connectivity index (χ0n) is 32.7. The van der Waals surface area contributed by atoms with E-state index in [0.29, 0.717) is 0 Å². The number of pyridine rings is 1. The topological polar surface area (TPSA) is 13.1 Å². The lowest BCUT2D eigenvalue weighted by Gasteiger charge is -2.46. The van der Waals surface area contributed by atoms with E-state index in [-0.39, 0.29) is 0 Å². The average molecular weight is 1000 g/mol. The maximum absolute atomic E-state index is 14.2. The van der Waals surface area contributed by atoms with Crippen molar-refractivity contribution in [3.05, 3.63) is 148 Å². The van der Waals surface area contributed by atoms with Gasteiger partial charge in [0.2, 0.25) is 12.4 Å². The second-order valence-electron chi connectivity index (χ2n) is 14.3. The molecule has 0 aliphatic rings. The van der Waals surface area contributed by atoms with E-state index >= 15 is 0 Å². The molecule has 0 saturated carbocycles. The maximum atomic E-state index is 14.2. The fraction of sp³-hybridized carbons (Fsp3) is 0.275. The fourth-order valence-corrected chi connectivity index (χ4v) is 6.74. The zero-order valence-corrected chi connectivity index (χ0v) is 32.7. The highest BCUT2D eigenvalue weighted by atomic mass is 19.4. The van der Waals surface area contributed by atoms with Gasteiger partial charge in [-0.15, -0.1) is 0 Å². The first kappa shape index (κ1) is 53.8. The van der Waals surface area contributed by atoms with Gasteiger partial charge < -0.3 is 0 Å². The van der Waals surface area contributed by atoms with Crippen molar-refractivity contribution in [2.45, 2.75) is 62.8 Å². The Morgan fingerprint density at radius 1 is 0.328 bits per heavy atom. The standard InChI is InChI=1S/C32H12BF24.C8H12NO/c34-25(35,36)13-1-14(26(37,38)39)6-21(5-13)33(22-7-15(27(40,41)42)2-16(8-22)28(43,44)45,23-9-17(29(46,47)48)3-18(10-23)30(49,50)51)24-11-19(31(52,53)54)4-20(12-24)32(55,56)57;1-2-8-10-9-6-4-3-5-7-9/h1-12H;3-7H,2,8H2,1H3/q-1;+1. The summed E-state index contributed by atoms with van der Waals surface area (Å²) < 4.78 is 343. The smallest absolute Gasteiger partial charge is 0.271 e. The van der Waals surface area contributed by atoms with E-state index < -0.39 is 195 Å². The monoisotopic (exact) mass is 1000 g/mol. The first-order valence-corrected chi connectivity index (χ1v) is 18.1. The van der Waals surface area contributed by atoms with Crippen LogP contribution in [0.25, 0.3) is 0 Å². The molecule has 5 aromatic rings. The summed E-state index contributed by atoms with van der Waals surface area (Å²) in [6.07, 6.45) is -50.0. The van der Waals surface area contributed by atoms with Gasteiger partial charge in [0.1, 0.15) is 6.15 Å². The number of rotatable bonds is 7. The number of hydrogen-bond acceptors (Lipinski definition) is 1. The van der Waals surface area contributed by atoms with Crippen molar-refractivity contribution in [2.75, 3.05) is 6.61 Å². The van der Waals surface area contributed by atoms with Gasteiger partial charge in [-0.2, -0.15) is 127 Å². The molecule has 0 radical (unpaired) electrons. The Morgan fingerprint density at radius 3 is 0.687 bits per heavy atom. The van der Waals surface area contributed by atoms with Gasteiger partial charge in [0.25, 0.3) is 0 Å². The van der Waals surface area contributed by atoms with Gasteiger partial charge in [-0.05, 0) is 30.7 Å². The van der Waals surface area contributed by atoms with E-state index in [1.807, 2.05) is 30.6 Å².